The maximum absolute atomic E-state index is 6.57. The van der Waals surface area contributed by atoms with Crippen LogP contribution < -0.4 is 4.90 Å². The van der Waals surface area contributed by atoms with E-state index in [0.29, 0.717) is 0 Å². The van der Waals surface area contributed by atoms with E-state index < -0.39 is 0 Å². The van der Waals surface area contributed by atoms with Crippen molar-refractivity contribution in [2.24, 2.45) is 0 Å². The summed E-state index contributed by atoms with van der Waals surface area (Å²) in [5, 5.41) is 3.61. The molecule has 0 fully saturated rings. The molecule has 0 bridgehead atoms. The third-order valence-electron chi connectivity index (χ3n) is 7.91. The summed E-state index contributed by atoms with van der Waals surface area (Å²) in [5.41, 5.74) is 8.81. The molecular formula is C40H33NO. The standard InChI is InChI=1S/C40H33NO/c1-40(2,3)38-36-21-9-10-22-37(36)42-39(38)32-18-12-20-34(27-32)41(35-24-23-29-15-7-8-16-30(29)26-35)33-19-11-17-31(25-33)28-13-5-4-6-14-28/h4-27H,1-3H3. The molecule has 0 saturated carbocycles. The fourth-order valence-corrected chi connectivity index (χ4v) is 6.00. The minimum atomic E-state index is -0.0833. The van der Waals surface area contributed by atoms with Gasteiger partial charge >= 0.3 is 0 Å². The van der Waals surface area contributed by atoms with Crippen LogP contribution in [0.2, 0.25) is 0 Å². The zero-order chi connectivity index (χ0) is 28.7. The van der Waals surface area contributed by atoms with Crippen LogP contribution in [0.25, 0.3) is 44.2 Å². The molecule has 0 N–H and O–H groups in total. The Morgan fingerprint density at radius 2 is 1.07 bits per heavy atom. The molecule has 204 valence electrons. The summed E-state index contributed by atoms with van der Waals surface area (Å²) in [6.45, 7) is 6.77. The molecule has 0 atom stereocenters. The molecule has 0 aliphatic carbocycles. The number of rotatable bonds is 5. The van der Waals surface area contributed by atoms with Gasteiger partial charge in [0, 0.05) is 33.6 Å². The van der Waals surface area contributed by atoms with Crippen LogP contribution in [-0.2, 0) is 5.41 Å². The molecule has 0 radical (unpaired) electrons. The van der Waals surface area contributed by atoms with Gasteiger partial charge in [0.2, 0.25) is 0 Å². The van der Waals surface area contributed by atoms with Gasteiger partial charge in [-0.05, 0) is 69.8 Å². The first-order valence-corrected chi connectivity index (χ1v) is 14.5. The molecule has 1 heterocycles. The van der Waals surface area contributed by atoms with Gasteiger partial charge in [0.05, 0.1) is 0 Å². The van der Waals surface area contributed by atoms with E-state index in [1.165, 1.54) is 32.8 Å². The normalized spacial score (nSPS) is 11.7. The second kappa shape index (κ2) is 10.4. The van der Waals surface area contributed by atoms with Crippen LogP contribution >= 0.6 is 0 Å². The molecule has 1 aromatic heterocycles. The Morgan fingerprint density at radius 3 is 1.83 bits per heavy atom. The molecular weight excluding hydrogens is 510 g/mol. The van der Waals surface area contributed by atoms with Gasteiger partial charge in [-0.15, -0.1) is 0 Å². The highest BCUT2D eigenvalue weighted by Crippen LogP contribution is 2.44. The summed E-state index contributed by atoms with van der Waals surface area (Å²) in [6, 6.07) is 51.7. The van der Waals surface area contributed by atoms with Crippen LogP contribution in [-0.4, -0.2) is 0 Å². The molecule has 42 heavy (non-hydrogen) atoms. The van der Waals surface area contributed by atoms with Crippen molar-refractivity contribution in [3.63, 3.8) is 0 Å². The lowest BCUT2D eigenvalue weighted by Gasteiger charge is -2.27. The van der Waals surface area contributed by atoms with E-state index in [1.54, 1.807) is 0 Å². The lowest BCUT2D eigenvalue weighted by Crippen LogP contribution is -2.12. The van der Waals surface area contributed by atoms with Gasteiger partial charge in [-0.25, -0.2) is 0 Å². The number of hydrogen-bond acceptors (Lipinski definition) is 2. The second-order valence-electron chi connectivity index (χ2n) is 11.9. The minimum absolute atomic E-state index is 0.0833. The number of anilines is 3. The largest absolute Gasteiger partial charge is 0.456 e. The van der Waals surface area contributed by atoms with E-state index in [0.717, 1.165) is 34.0 Å². The Labute approximate surface area is 247 Å². The van der Waals surface area contributed by atoms with Gasteiger partial charge in [-0.1, -0.05) is 124 Å². The van der Waals surface area contributed by atoms with Gasteiger partial charge in [-0.2, -0.15) is 0 Å². The van der Waals surface area contributed by atoms with Crippen LogP contribution in [0.15, 0.2) is 150 Å². The average molecular weight is 544 g/mol. The molecule has 0 spiro atoms. The molecule has 2 nitrogen and oxygen atoms in total. The van der Waals surface area contributed by atoms with Gasteiger partial charge in [0.15, 0.2) is 0 Å². The van der Waals surface area contributed by atoms with Crippen molar-refractivity contribution < 1.29 is 4.42 Å². The summed E-state index contributed by atoms with van der Waals surface area (Å²) in [4.78, 5) is 2.35. The molecule has 7 rings (SSSR count). The summed E-state index contributed by atoms with van der Waals surface area (Å²) in [6.07, 6.45) is 0. The number of benzene rings is 6. The fourth-order valence-electron chi connectivity index (χ4n) is 6.00. The lowest BCUT2D eigenvalue weighted by molar-refractivity contribution is 0.568. The predicted molar refractivity (Wildman–Crippen MR) is 178 cm³/mol. The highest BCUT2D eigenvalue weighted by molar-refractivity contribution is 5.92. The van der Waals surface area contributed by atoms with E-state index >= 15 is 0 Å². The van der Waals surface area contributed by atoms with Crippen molar-refractivity contribution in [2.75, 3.05) is 4.90 Å². The van der Waals surface area contributed by atoms with Crippen molar-refractivity contribution >= 4 is 38.8 Å². The number of nitrogens with zero attached hydrogens (tertiary/aromatic N) is 1. The van der Waals surface area contributed by atoms with Crippen molar-refractivity contribution in [3.8, 4) is 22.5 Å². The minimum Gasteiger partial charge on any atom is -0.456 e. The van der Waals surface area contributed by atoms with Gasteiger partial charge in [0.1, 0.15) is 11.3 Å². The van der Waals surface area contributed by atoms with Crippen LogP contribution in [0.4, 0.5) is 17.1 Å². The molecule has 0 aliphatic heterocycles. The summed E-state index contributed by atoms with van der Waals surface area (Å²) in [7, 11) is 0. The SMILES string of the molecule is CC(C)(C)c1c(-c2cccc(N(c3cccc(-c4ccccc4)c3)c3ccc4ccccc4c3)c2)oc2ccccc12. The zero-order valence-electron chi connectivity index (χ0n) is 24.2. The van der Waals surface area contributed by atoms with Crippen molar-refractivity contribution in [1.29, 1.82) is 0 Å². The quantitative estimate of drug-likeness (QED) is 0.215. The topological polar surface area (TPSA) is 16.4 Å². The van der Waals surface area contributed by atoms with Gasteiger partial charge in [-0.3, -0.25) is 0 Å². The Bertz CT molecular complexity index is 2030. The number of hydrogen-bond donors (Lipinski definition) is 0. The molecule has 0 saturated heterocycles. The van der Waals surface area contributed by atoms with E-state index in [4.69, 9.17) is 4.42 Å². The van der Waals surface area contributed by atoms with Crippen molar-refractivity contribution in [1.82, 2.24) is 0 Å². The van der Waals surface area contributed by atoms with E-state index in [1.807, 2.05) is 6.07 Å². The first kappa shape index (κ1) is 25.9. The highest BCUT2D eigenvalue weighted by atomic mass is 16.3. The summed E-state index contributed by atoms with van der Waals surface area (Å²) < 4.78 is 6.57. The first-order chi connectivity index (χ1) is 20.5. The number of furan rings is 1. The number of para-hydroxylation sites is 1. The fraction of sp³-hybridized carbons (Fsp3) is 0.100. The van der Waals surface area contributed by atoms with E-state index in [9.17, 15) is 0 Å². The average Bonchev–Trinajstić information content (AvgIpc) is 3.43. The smallest absolute Gasteiger partial charge is 0.139 e. The molecule has 0 unspecified atom stereocenters. The summed E-state index contributed by atoms with van der Waals surface area (Å²) >= 11 is 0. The van der Waals surface area contributed by atoms with Crippen LogP contribution in [0, 0.1) is 0 Å². The van der Waals surface area contributed by atoms with Gasteiger partial charge in [0.25, 0.3) is 0 Å². The zero-order valence-corrected chi connectivity index (χ0v) is 24.2. The Morgan fingerprint density at radius 1 is 0.476 bits per heavy atom. The van der Waals surface area contributed by atoms with Gasteiger partial charge < -0.3 is 9.32 Å². The van der Waals surface area contributed by atoms with E-state index in [2.05, 4.69) is 165 Å². The summed E-state index contributed by atoms with van der Waals surface area (Å²) in [5.74, 6) is 0.932. The van der Waals surface area contributed by atoms with E-state index in [-0.39, 0.29) is 5.41 Å². The first-order valence-electron chi connectivity index (χ1n) is 14.5. The van der Waals surface area contributed by atoms with Crippen LogP contribution in [0.1, 0.15) is 26.3 Å². The molecule has 6 aromatic carbocycles. The number of fused-ring (bicyclic) bond motifs is 2. The highest BCUT2D eigenvalue weighted by Gasteiger charge is 2.26. The van der Waals surface area contributed by atoms with Crippen LogP contribution in [0.3, 0.4) is 0 Å². The monoisotopic (exact) mass is 543 g/mol. The molecule has 0 amide bonds. The molecule has 2 heteroatoms. The van der Waals surface area contributed by atoms with Crippen LogP contribution in [0.5, 0.6) is 0 Å². The van der Waals surface area contributed by atoms with Crippen molar-refractivity contribution in [2.45, 2.75) is 26.2 Å². The molecule has 7 aromatic rings. The maximum Gasteiger partial charge on any atom is 0.139 e. The Balaban J connectivity index is 1.43. The lowest BCUT2D eigenvalue weighted by atomic mass is 9.83. The second-order valence-corrected chi connectivity index (χ2v) is 11.9. The predicted octanol–water partition coefficient (Wildman–Crippen LogP) is 11.7. The molecule has 0 aliphatic rings. The maximum atomic E-state index is 6.57. The Kier molecular flexibility index (Phi) is 6.40. The van der Waals surface area contributed by atoms with Crippen molar-refractivity contribution in [3.05, 3.63) is 151 Å². The Hall–Kier alpha value is -5.08. The third kappa shape index (κ3) is 4.76. The third-order valence-corrected chi connectivity index (χ3v) is 7.91.